The number of hydrogen-bond donors (Lipinski definition) is 2. The predicted octanol–water partition coefficient (Wildman–Crippen LogP) is 4.07. The Labute approximate surface area is 149 Å². The van der Waals surface area contributed by atoms with Crippen LogP contribution in [-0.2, 0) is 24.2 Å². The number of anilines is 1. The molecule has 2 N–H and O–H groups in total. The number of nitrogens with one attached hydrogen (secondary N) is 2. The van der Waals surface area contributed by atoms with Crippen LogP contribution in [0.4, 0.5) is 5.69 Å². The van der Waals surface area contributed by atoms with E-state index in [1.807, 2.05) is 18.2 Å². The molecule has 1 aliphatic carbocycles. The monoisotopic (exact) mass is 334 g/mol. The van der Waals surface area contributed by atoms with Crippen molar-refractivity contribution in [2.24, 2.45) is 5.92 Å². The maximum Gasteiger partial charge on any atom is 0.241 e. The van der Waals surface area contributed by atoms with Crippen molar-refractivity contribution >= 4 is 11.6 Å². The minimum absolute atomic E-state index is 0.0792. The molecule has 4 rings (SSSR count). The Morgan fingerprint density at radius 1 is 1.00 bits per heavy atom. The molecule has 130 valence electrons. The summed E-state index contributed by atoms with van der Waals surface area (Å²) in [4.78, 5) is 12.5. The van der Waals surface area contributed by atoms with Gasteiger partial charge in [0.1, 0.15) is 0 Å². The van der Waals surface area contributed by atoms with Crippen LogP contribution in [0, 0.1) is 5.92 Å². The van der Waals surface area contributed by atoms with Crippen LogP contribution in [0.2, 0.25) is 0 Å². The van der Waals surface area contributed by atoms with E-state index < -0.39 is 0 Å². The third-order valence-electron chi connectivity index (χ3n) is 5.59. The number of hydrogen-bond acceptors (Lipinski definition) is 2. The van der Waals surface area contributed by atoms with Gasteiger partial charge in [-0.1, -0.05) is 61.7 Å². The van der Waals surface area contributed by atoms with Crippen molar-refractivity contribution in [3.8, 4) is 0 Å². The minimum atomic E-state index is -0.136. The summed E-state index contributed by atoms with van der Waals surface area (Å²) in [5.41, 5.74) is 4.88. The quantitative estimate of drug-likeness (QED) is 0.865. The molecule has 0 spiro atoms. The molecule has 0 aromatic heterocycles. The maximum atomic E-state index is 12.5. The average Bonchev–Trinajstić information content (AvgIpc) is 2.75. The van der Waals surface area contributed by atoms with Gasteiger partial charge in [0.05, 0.1) is 6.04 Å². The molecule has 0 saturated heterocycles. The fraction of sp³-hybridized carbons (Fsp3) is 0.409. The fourth-order valence-electron chi connectivity index (χ4n) is 3.84. The summed E-state index contributed by atoms with van der Waals surface area (Å²) in [5, 5.41) is 6.52. The van der Waals surface area contributed by atoms with Crippen molar-refractivity contribution in [1.82, 2.24) is 5.32 Å². The molecule has 1 atom stereocenters. The Bertz CT molecular complexity index is 751. The van der Waals surface area contributed by atoms with Crippen LogP contribution in [0.15, 0.2) is 48.5 Å². The standard InChI is InChI=1S/C22H26N2O/c25-22-21(12-11-19-9-1-2-10-20(19)24-22)23-15-18-8-4-7-17(14-18)13-16-5-3-6-16/h1-2,4,7-10,14,16,21,23H,3,5-6,11-13,15H2,(H,24,25). The van der Waals surface area contributed by atoms with Crippen LogP contribution in [0.3, 0.4) is 0 Å². The molecule has 2 aromatic rings. The van der Waals surface area contributed by atoms with E-state index in [0.717, 1.165) is 31.0 Å². The number of benzene rings is 2. The first kappa shape index (κ1) is 16.3. The lowest BCUT2D eigenvalue weighted by Crippen LogP contribution is -2.39. The summed E-state index contributed by atoms with van der Waals surface area (Å²) in [6.07, 6.45) is 7.12. The van der Waals surface area contributed by atoms with Crippen molar-refractivity contribution < 1.29 is 4.79 Å². The van der Waals surface area contributed by atoms with Crippen molar-refractivity contribution in [3.05, 3.63) is 65.2 Å². The van der Waals surface area contributed by atoms with E-state index in [2.05, 4.69) is 41.0 Å². The molecule has 1 fully saturated rings. The van der Waals surface area contributed by atoms with Gasteiger partial charge in [0.25, 0.3) is 0 Å². The zero-order chi connectivity index (χ0) is 17.1. The van der Waals surface area contributed by atoms with Gasteiger partial charge in [-0.25, -0.2) is 0 Å². The number of amides is 1. The lowest BCUT2D eigenvalue weighted by Gasteiger charge is -2.25. The third-order valence-corrected chi connectivity index (χ3v) is 5.59. The Balaban J connectivity index is 1.36. The zero-order valence-electron chi connectivity index (χ0n) is 14.6. The molecule has 3 heteroatoms. The number of rotatable bonds is 5. The fourth-order valence-corrected chi connectivity index (χ4v) is 3.84. The molecule has 2 aliphatic rings. The molecule has 1 aliphatic heterocycles. The average molecular weight is 334 g/mol. The second-order valence-electron chi connectivity index (χ2n) is 7.44. The lowest BCUT2D eigenvalue weighted by atomic mass is 9.81. The minimum Gasteiger partial charge on any atom is -0.324 e. The van der Waals surface area contributed by atoms with Gasteiger partial charge < -0.3 is 10.6 Å². The Hall–Kier alpha value is -2.13. The summed E-state index contributed by atoms with van der Waals surface area (Å²) < 4.78 is 0. The third kappa shape index (κ3) is 3.93. The Morgan fingerprint density at radius 2 is 1.84 bits per heavy atom. The van der Waals surface area contributed by atoms with Crippen LogP contribution in [0.5, 0.6) is 0 Å². The first-order valence-electron chi connectivity index (χ1n) is 9.48. The molecule has 2 aromatic carbocycles. The molecule has 3 nitrogen and oxygen atoms in total. The Morgan fingerprint density at radius 3 is 2.68 bits per heavy atom. The topological polar surface area (TPSA) is 41.1 Å². The van der Waals surface area contributed by atoms with Gasteiger partial charge in [0.15, 0.2) is 0 Å². The van der Waals surface area contributed by atoms with E-state index in [4.69, 9.17) is 0 Å². The lowest BCUT2D eigenvalue weighted by molar-refractivity contribution is -0.118. The van der Waals surface area contributed by atoms with Gasteiger partial charge in [-0.2, -0.15) is 0 Å². The molecule has 0 bridgehead atoms. The summed E-state index contributed by atoms with van der Waals surface area (Å²) in [7, 11) is 0. The summed E-state index contributed by atoms with van der Waals surface area (Å²) in [6, 6.07) is 16.8. The number of carbonyl (C=O) groups excluding carboxylic acids is 1. The molecule has 1 heterocycles. The van der Waals surface area contributed by atoms with E-state index >= 15 is 0 Å². The molecule has 25 heavy (non-hydrogen) atoms. The molecule has 0 radical (unpaired) electrons. The second kappa shape index (κ2) is 7.40. The van der Waals surface area contributed by atoms with Gasteiger partial charge in [-0.15, -0.1) is 0 Å². The number of para-hydroxylation sites is 1. The largest absolute Gasteiger partial charge is 0.324 e. The number of aryl methyl sites for hydroxylation is 1. The first-order chi connectivity index (χ1) is 12.3. The van der Waals surface area contributed by atoms with Gasteiger partial charge in [-0.3, -0.25) is 4.79 Å². The van der Waals surface area contributed by atoms with Crippen molar-refractivity contribution in [3.63, 3.8) is 0 Å². The van der Waals surface area contributed by atoms with Crippen molar-refractivity contribution in [2.75, 3.05) is 5.32 Å². The first-order valence-corrected chi connectivity index (χ1v) is 9.48. The van der Waals surface area contributed by atoms with Gasteiger partial charge >= 0.3 is 0 Å². The second-order valence-corrected chi connectivity index (χ2v) is 7.44. The molecule has 1 amide bonds. The van der Waals surface area contributed by atoms with Crippen molar-refractivity contribution in [1.29, 1.82) is 0 Å². The van der Waals surface area contributed by atoms with Gasteiger partial charge in [0, 0.05) is 12.2 Å². The van der Waals surface area contributed by atoms with E-state index in [9.17, 15) is 4.79 Å². The van der Waals surface area contributed by atoms with Crippen LogP contribution < -0.4 is 10.6 Å². The van der Waals surface area contributed by atoms with E-state index in [1.165, 1.54) is 42.4 Å². The summed E-state index contributed by atoms with van der Waals surface area (Å²) >= 11 is 0. The van der Waals surface area contributed by atoms with Gasteiger partial charge in [0.2, 0.25) is 5.91 Å². The van der Waals surface area contributed by atoms with Crippen molar-refractivity contribution in [2.45, 2.75) is 51.1 Å². The molecular weight excluding hydrogens is 308 g/mol. The molecular formula is C22H26N2O. The maximum absolute atomic E-state index is 12.5. The highest BCUT2D eigenvalue weighted by Crippen LogP contribution is 2.30. The number of fused-ring (bicyclic) bond motifs is 1. The molecule has 1 saturated carbocycles. The highest BCUT2D eigenvalue weighted by molar-refractivity contribution is 5.96. The predicted molar refractivity (Wildman–Crippen MR) is 102 cm³/mol. The van der Waals surface area contributed by atoms with Crippen LogP contribution in [0.1, 0.15) is 42.4 Å². The van der Waals surface area contributed by atoms with Crippen LogP contribution >= 0.6 is 0 Å². The SMILES string of the molecule is O=C1Nc2ccccc2CCC1NCc1cccc(CC2CCC2)c1. The summed E-state index contributed by atoms with van der Waals surface area (Å²) in [5.74, 6) is 0.963. The molecule has 1 unspecified atom stereocenters. The Kier molecular flexibility index (Phi) is 4.84. The van der Waals surface area contributed by atoms with Crippen LogP contribution in [-0.4, -0.2) is 11.9 Å². The smallest absolute Gasteiger partial charge is 0.241 e. The number of carbonyl (C=O) groups is 1. The van der Waals surface area contributed by atoms with Crippen LogP contribution in [0.25, 0.3) is 0 Å². The highest BCUT2D eigenvalue weighted by atomic mass is 16.2. The zero-order valence-corrected chi connectivity index (χ0v) is 14.6. The van der Waals surface area contributed by atoms with Gasteiger partial charge in [-0.05, 0) is 47.9 Å². The summed E-state index contributed by atoms with van der Waals surface area (Å²) in [6.45, 7) is 0.743. The van der Waals surface area contributed by atoms with E-state index in [1.54, 1.807) is 0 Å². The van der Waals surface area contributed by atoms with E-state index in [0.29, 0.717) is 0 Å². The normalized spacial score (nSPS) is 20.3. The highest BCUT2D eigenvalue weighted by Gasteiger charge is 2.23. The van der Waals surface area contributed by atoms with E-state index in [-0.39, 0.29) is 11.9 Å².